The molecule has 0 radical (unpaired) electrons. The van der Waals surface area contributed by atoms with Crippen molar-refractivity contribution in [2.45, 2.75) is 0 Å². The second kappa shape index (κ2) is 4.75. The van der Waals surface area contributed by atoms with Crippen LogP contribution in [0.2, 0.25) is 0 Å². The number of benzene rings is 2. The van der Waals surface area contributed by atoms with Crippen molar-refractivity contribution >= 4 is 23.0 Å². The first-order chi connectivity index (χ1) is 8.58. The highest BCUT2D eigenvalue weighted by Gasteiger charge is 2.09. The highest BCUT2D eigenvalue weighted by atomic mass is 19.1. The Bertz CT molecular complexity index is 599. The second-order valence-corrected chi connectivity index (χ2v) is 3.77. The molecule has 5 N–H and O–H groups in total. The van der Waals surface area contributed by atoms with E-state index >= 15 is 0 Å². The SMILES string of the molecule is NC(=O)c1cccc(Nc2cccc(F)c2)c1N. The topological polar surface area (TPSA) is 81.1 Å². The van der Waals surface area contributed by atoms with Crippen LogP contribution in [0.3, 0.4) is 0 Å². The molecule has 2 aromatic rings. The first-order valence-electron chi connectivity index (χ1n) is 5.29. The van der Waals surface area contributed by atoms with E-state index in [1.165, 1.54) is 18.2 Å². The highest BCUT2D eigenvalue weighted by Crippen LogP contribution is 2.26. The fourth-order valence-corrected chi connectivity index (χ4v) is 1.61. The zero-order chi connectivity index (χ0) is 13.1. The lowest BCUT2D eigenvalue weighted by Crippen LogP contribution is -2.14. The summed E-state index contributed by atoms with van der Waals surface area (Å²) in [4.78, 5) is 11.1. The number of carbonyl (C=O) groups excluding carboxylic acids is 1. The van der Waals surface area contributed by atoms with Gasteiger partial charge in [0.15, 0.2) is 0 Å². The van der Waals surface area contributed by atoms with Gasteiger partial charge in [0.25, 0.3) is 5.91 Å². The summed E-state index contributed by atoms with van der Waals surface area (Å²) in [6, 6.07) is 10.8. The lowest BCUT2D eigenvalue weighted by Gasteiger charge is -2.11. The molecule has 2 aromatic carbocycles. The number of primary amides is 1. The van der Waals surface area contributed by atoms with E-state index in [9.17, 15) is 9.18 Å². The molecule has 0 saturated carbocycles. The van der Waals surface area contributed by atoms with Crippen LogP contribution in [0.5, 0.6) is 0 Å². The Morgan fingerprint density at radius 2 is 1.89 bits per heavy atom. The molecule has 0 aromatic heterocycles. The van der Waals surface area contributed by atoms with E-state index in [2.05, 4.69) is 5.32 Å². The fourth-order valence-electron chi connectivity index (χ4n) is 1.61. The smallest absolute Gasteiger partial charge is 0.250 e. The Balaban J connectivity index is 2.35. The number of hydrogen-bond donors (Lipinski definition) is 3. The Hall–Kier alpha value is -2.56. The zero-order valence-corrected chi connectivity index (χ0v) is 9.48. The third-order valence-electron chi connectivity index (χ3n) is 2.48. The van der Waals surface area contributed by atoms with Crippen LogP contribution >= 0.6 is 0 Å². The van der Waals surface area contributed by atoms with Crippen molar-refractivity contribution in [3.05, 3.63) is 53.8 Å². The van der Waals surface area contributed by atoms with Gasteiger partial charge >= 0.3 is 0 Å². The van der Waals surface area contributed by atoms with Gasteiger partial charge in [-0.05, 0) is 30.3 Å². The normalized spacial score (nSPS) is 10.1. The summed E-state index contributed by atoms with van der Waals surface area (Å²) in [5.41, 5.74) is 12.5. The Kier molecular flexibility index (Phi) is 3.14. The molecule has 0 atom stereocenters. The van der Waals surface area contributed by atoms with Crippen molar-refractivity contribution in [3.8, 4) is 0 Å². The van der Waals surface area contributed by atoms with E-state index in [0.29, 0.717) is 11.4 Å². The minimum atomic E-state index is -0.601. The molecule has 0 aliphatic carbocycles. The van der Waals surface area contributed by atoms with Crippen LogP contribution in [0.1, 0.15) is 10.4 Å². The van der Waals surface area contributed by atoms with Gasteiger partial charge in [-0.1, -0.05) is 12.1 Å². The molecule has 4 nitrogen and oxygen atoms in total. The van der Waals surface area contributed by atoms with Gasteiger partial charge in [-0.15, -0.1) is 0 Å². The maximum absolute atomic E-state index is 13.0. The molecule has 0 aliphatic rings. The van der Waals surface area contributed by atoms with Crippen molar-refractivity contribution in [2.24, 2.45) is 5.73 Å². The molecular formula is C13H12FN3O. The first-order valence-corrected chi connectivity index (χ1v) is 5.29. The summed E-state index contributed by atoms with van der Waals surface area (Å²) < 4.78 is 13.0. The van der Waals surface area contributed by atoms with Gasteiger partial charge in [0, 0.05) is 5.69 Å². The van der Waals surface area contributed by atoms with E-state index in [0.717, 1.165) is 0 Å². The molecule has 5 heteroatoms. The van der Waals surface area contributed by atoms with Crippen molar-refractivity contribution in [1.82, 2.24) is 0 Å². The number of carbonyl (C=O) groups is 1. The van der Waals surface area contributed by atoms with Gasteiger partial charge in [0.05, 0.1) is 16.9 Å². The predicted octanol–water partition coefficient (Wildman–Crippen LogP) is 2.25. The lowest BCUT2D eigenvalue weighted by atomic mass is 10.1. The lowest BCUT2D eigenvalue weighted by molar-refractivity contribution is 0.100. The average molecular weight is 245 g/mol. The summed E-state index contributed by atoms with van der Waals surface area (Å²) in [6.07, 6.45) is 0. The number of rotatable bonds is 3. The van der Waals surface area contributed by atoms with Crippen molar-refractivity contribution in [1.29, 1.82) is 0 Å². The van der Waals surface area contributed by atoms with Crippen molar-refractivity contribution in [3.63, 3.8) is 0 Å². The minimum Gasteiger partial charge on any atom is -0.396 e. The molecule has 1 amide bonds. The maximum Gasteiger partial charge on any atom is 0.250 e. The third kappa shape index (κ3) is 2.40. The largest absolute Gasteiger partial charge is 0.396 e. The quantitative estimate of drug-likeness (QED) is 0.725. The highest BCUT2D eigenvalue weighted by molar-refractivity contribution is 6.01. The van der Waals surface area contributed by atoms with E-state index in [-0.39, 0.29) is 17.1 Å². The molecule has 0 unspecified atom stereocenters. The van der Waals surface area contributed by atoms with E-state index < -0.39 is 5.91 Å². The van der Waals surface area contributed by atoms with Crippen LogP contribution in [0.4, 0.5) is 21.5 Å². The molecule has 0 saturated heterocycles. The van der Waals surface area contributed by atoms with Gasteiger partial charge in [0.2, 0.25) is 0 Å². The number of nitrogen functional groups attached to an aromatic ring is 1. The van der Waals surface area contributed by atoms with Crippen LogP contribution < -0.4 is 16.8 Å². The summed E-state index contributed by atoms with van der Waals surface area (Å²) in [5, 5.41) is 2.94. The van der Waals surface area contributed by atoms with Crippen molar-refractivity contribution < 1.29 is 9.18 Å². The van der Waals surface area contributed by atoms with E-state index in [1.807, 2.05) is 0 Å². The van der Waals surface area contributed by atoms with Gasteiger partial charge in [-0.2, -0.15) is 0 Å². The van der Waals surface area contributed by atoms with E-state index in [4.69, 9.17) is 11.5 Å². The van der Waals surface area contributed by atoms with Crippen LogP contribution in [0.15, 0.2) is 42.5 Å². The van der Waals surface area contributed by atoms with Crippen LogP contribution in [0, 0.1) is 5.82 Å². The minimum absolute atomic E-state index is 0.233. The molecular weight excluding hydrogens is 233 g/mol. The van der Waals surface area contributed by atoms with Gasteiger partial charge < -0.3 is 16.8 Å². The van der Waals surface area contributed by atoms with Crippen molar-refractivity contribution in [2.75, 3.05) is 11.1 Å². The third-order valence-corrected chi connectivity index (χ3v) is 2.48. The number of nitrogens with one attached hydrogen (secondary N) is 1. The molecule has 0 aliphatic heterocycles. The number of hydrogen-bond acceptors (Lipinski definition) is 3. The second-order valence-electron chi connectivity index (χ2n) is 3.77. The zero-order valence-electron chi connectivity index (χ0n) is 9.48. The summed E-state index contributed by atoms with van der Waals surface area (Å²) >= 11 is 0. The maximum atomic E-state index is 13.0. The van der Waals surface area contributed by atoms with Gasteiger partial charge in [0.1, 0.15) is 5.82 Å². The molecule has 92 valence electrons. The molecule has 0 bridgehead atoms. The number of nitrogens with two attached hydrogens (primary N) is 2. The first kappa shape index (κ1) is 11.9. The van der Waals surface area contributed by atoms with Gasteiger partial charge in [-0.3, -0.25) is 4.79 Å². The molecule has 0 fully saturated rings. The Labute approximate surface area is 103 Å². The Morgan fingerprint density at radius 3 is 2.56 bits per heavy atom. The van der Waals surface area contributed by atoms with Gasteiger partial charge in [-0.25, -0.2) is 4.39 Å². The predicted molar refractivity (Wildman–Crippen MR) is 69.1 cm³/mol. The summed E-state index contributed by atoms with van der Waals surface area (Å²) in [5.74, 6) is -0.958. The molecule has 2 rings (SSSR count). The number of amides is 1. The average Bonchev–Trinajstić information content (AvgIpc) is 2.31. The number of halogens is 1. The fraction of sp³-hybridized carbons (Fsp3) is 0. The summed E-state index contributed by atoms with van der Waals surface area (Å²) in [7, 11) is 0. The van der Waals surface area contributed by atoms with E-state index in [1.54, 1.807) is 24.3 Å². The molecule has 0 spiro atoms. The monoisotopic (exact) mass is 245 g/mol. The standard InChI is InChI=1S/C13H12FN3O/c14-8-3-1-4-9(7-8)17-11-6-2-5-10(12(11)15)13(16)18/h1-7,17H,15H2,(H2,16,18). The molecule has 18 heavy (non-hydrogen) atoms. The van der Waals surface area contributed by atoms with Crippen LogP contribution in [-0.4, -0.2) is 5.91 Å². The summed E-state index contributed by atoms with van der Waals surface area (Å²) in [6.45, 7) is 0. The van der Waals surface area contributed by atoms with Crippen LogP contribution in [0.25, 0.3) is 0 Å². The number of para-hydroxylation sites is 1. The Morgan fingerprint density at radius 1 is 1.17 bits per heavy atom. The number of anilines is 3. The molecule has 0 heterocycles. The van der Waals surface area contributed by atoms with Crippen LogP contribution in [-0.2, 0) is 0 Å².